The summed E-state index contributed by atoms with van der Waals surface area (Å²) in [4.78, 5) is 21.4. The third kappa shape index (κ3) is 4.47. The summed E-state index contributed by atoms with van der Waals surface area (Å²) in [5, 5.41) is 0. The molecule has 0 unspecified atom stereocenters. The molecule has 0 spiro atoms. The van der Waals surface area contributed by atoms with Crippen LogP contribution in [0.1, 0.15) is 30.6 Å². The minimum absolute atomic E-state index is 0.00888. The van der Waals surface area contributed by atoms with Crippen LogP contribution >= 0.6 is 0 Å². The number of carbonyl (C=O) groups is 1. The lowest BCUT2D eigenvalue weighted by atomic mass is 10.1. The van der Waals surface area contributed by atoms with Gasteiger partial charge in [0.25, 0.3) is 5.91 Å². The molecule has 2 aromatic rings. The third-order valence-corrected chi connectivity index (χ3v) is 4.64. The van der Waals surface area contributed by atoms with Crippen molar-refractivity contribution in [3.63, 3.8) is 0 Å². The van der Waals surface area contributed by atoms with E-state index in [2.05, 4.69) is 23.7 Å². The van der Waals surface area contributed by atoms with Gasteiger partial charge in [0.05, 0.1) is 0 Å². The Balaban J connectivity index is 1.74. The van der Waals surface area contributed by atoms with Gasteiger partial charge >= 0.3 is 0 Å². The number of halogens is 1. The topological polar surface area (TPSA) is 36.4 Å². The van der Waals surface area contributed by atoms with Crippen molar-refractivity contribution in [3.05, 3.63) is 54.0 Å². The molecule has 138 valence electrons. The number of pyridine rings is 1. The maximum Gasteiger partial charge on any atom is 0.253 e. The number of nitrogens with zero attached hydrogens (tertiary/aromatic N) is 3. The standard InChI is InChI=1S/C21H26FN3O/c1-16(2)15-24-10-5-11-25(13-12-24)21(26)18-7-3-6-17(14-18)20-19(22)8-4-9-23-20/h3-4,6-9,14,16H,5,10-13,15H2,1-2H3. The van der Waals surface area contributed by atoms with Gasteiger partial charge < -0.3 is 9.80 Å². The second-order valence-electron chi connectivity index (χ2n) is 7.25. The summed E-state index contributed by atoms with van der Waals surface area (Å²) in [6.07, 6.45) is 2.54. The molecule has 1 fully saturated rings. The zero-order chi connectivity index (χ0) is 18.5. The molecule has 1 aromatic carbocycles. The number of amides is 1. The van der Waals surface area contributed by atoms with Crippen molar-refractivity contribution in [1.29, 1.82) is 0 Å². The molecule has 5 heteroatoms. The minimum atomic E-state index is -0.379. The first-order valence-electron chi connectivity index (χ1n) is 9.27. The average Bonchev–Trinajstić information content (AvgIpc) is 2.86. The van der Waals surface area contributed by atoms with Crippen molar-refractivity contribution in [2.75, 3.05) is 32.7 Å². The van der Waals surface area contributed by atoms with E-state index >= 15 is 0 Å². The first-order chi connectivity index (χ1) is 12.5. The highest BCUT2D eigenvalue weighted by Gasteiger charge is 2.21. The summed E-state index contributed by atoms with van der Waals surface area (Å²) in [6.45, 7) is 8.92. The van der Waals surface area contributed by atoms with Gasteiger partial charge in [-0.25, -0.2) is 4.39 Å². The lowest BCUT2D eigenvalue weighted by molar-refractivity contribution is 0.0761. The van der Waals surface area contributed by atoms with E-state index in [1.807, 2.05) is 4.90 Å². The molecule has 3 rings (SSSR count). The fourth-order valence-corrected chi connectivity index (χ4v) is 3.45. The second-order valence-corrected chi connectivity index (χ2v) is 7.25. The number of hydrogen-bond acceptors (Lipinski definition) is 3. The molecule has 1 aliphatic rings. The highest BCUT2D eigenvalue weighted by molar-refractivity contribution is 5.95. The second kappa shape index (κ2) is 8.41. The van der Waals surface area contributed by atoms with Crippen LogP contribution in [0.3, 0.4) is 0 Å². The van der Waals surface area contributed by atoms with Crippen molar-refractivity contribution in [3.8, 4) is 11.3 Å². The zero-order valence-corrected chi connectivity index (χ0v) is 15.5. The molecule has 0 atom stereocenters. The first kappa shape index (κ1) is 18.5. The molecule has 0 saturated carbocycles. The molecule has 4 nitrogen and oxygen atoms in total. The highest BCUT2D eigenvalue weighted by atomic mass is 19.1. The molecule has 0 aliphatic carbocycles. The van der Waals surface area contributed by atoms with Gasteiger partial charge in [-0.1, -0.05) is 26.0 Å². The van der Waals surface area contributed by atoms with Gasteiger partial charge in [-0.15, -0.1) is 0 Å². The van der Waals surface area contributed by atoms with E-state index in [1.54, 1.807) is 36.5 Å². The molecular weight excluding hydrogens is 329 g/mol. The first-order valence-corrected chi connectivity index (χ1v) is 9.27. The van der Waals surface area contributed by atoms with Crippen LogP contribution in [0.2, 0.25) is 0 Å². The van der Waals surface area contributed by atoms with Crippen LogP contribution in [0, 0.1) is 11.7 Å². The van der Waals surface area contributed by atoms with E-state index < -0.39 is 0 Å². The molecule has 1 amide bonds. The molecule has 1 aromatic heterocycles. The normalized spacial score (nSPS) is 15.9. The smallest absolute Gasteiger partial charge is 0.253 e. The van der Waals surface area contributed by atoms with E-state index in [9.17, 15) is 9.18 Å². The van der Waals surface area contributed by atoms with E-state index in [0.717, 1.165) is 39.1 Å². The third-order valence-electron chi connectivity index (χ3n) is 4.64. The Kier molecular flexibility index (Phi) is 5.99. The Morgan fingerprint density at radius 2 is 2.00 bits per heavy atom. The maximum atomic E-state index is 14.0. The summed E-state index contributed by atoms with van der Waals surface area (Å²) < 4.78 is 14.0. The van der Waals surface area contributed by atoms with Crippen LogP contribution in [0.15, 0.2) is 42.6 Å². The Hall–Kier alpha value is -2.27. The van der Waals surface area contributed by atoms with Crippen molar-refractivity contribution in [2.24, 2.45) is 5.92 Å². The largest absolute Gasteiger partial charge is 0.337 e. The van der Waals surface area contributed by atoms with Crippen LogP contribution in [0.25, 0.3) is 11.3 Å². The summed E-state index contributed by atoms with van der Waals surface area (Å²) in [5.74, 6) is 0.257. The lowest BCUT2D eigenvalue weighted by Crippen LogP contribution is -2.36. The Labute approximate surface area is 154 Å². The minimum Gasteiger partial charge on any atom is -0.337 e. The van der Waals surface area contributed by atoms with Gasteiger partial charge in [-0.05, 0) is 43.1 Å². The van der Waals surface area contributed by atoms with Crippen LogP contribution in [0.5, 0.6) is 0 Å². The van der Waals surface area contributed by atoms with Crippen molar-refractivity contribution in [1.82, 2.24) is 14.8 Å². The fourth-order valence-electron chi connectivity index (χ4n) is 3.45. The quantitative estimate of drug-likeness (QED) is 0.839. The molecule has 26 heavy (non-hydrogen) atoms. The zero-order valence-electron chi connectivity index (χ0n) is 15.5. The lowest BCUT2D eigenvalue weighted by Gasteiger charge is -2.23. The number of rotatable bonds is 4. The van der Waals surface area contributed by atoms with E-state index in [4.69, 9.17) is 0 Å². The SMILES string of the molecule is CC(C)CN1CCCN(C(=O)c2cccc(-c3ncccc3F)c2)CC1. The van der Waals surface area contributed by atoms with E-state index in [1.165, 1.54) is 6.07 Å². The van der Waals surface area contributed by atoms with Crippen LogP contribution in [-0.4, -0.2) is 53.4 Å². The van der Waals surface area contributed by atoms with Gasteiger partial charge in [0.1, 0.15) is 11.5 Å². The number of benzene rings is 1. The Morgan fingerprint density at radius 3 is 2.77 bits per heavy atom. The molecule has 1 aliphatic heterocycles. The molecule has 0 bridgehead atoms. The van der Waals surface area contributed by atoms with Crippen molar-refractivity contribution >= 4 is 5.91 Å². The Morgan fingerprint density at radius 1 is 1.15 bits per heavy atom. The molecule has 2 heterocycles. The predicted molar refractivity (Wildman–Crippen MR) is 101 cm³/mol. The fraction of sp³-hybridized carbons (Fsp3) is 0.429. The van der Waals surface area contributed by atoms with Gasteiger partial charge in [-0.3, -0.25) is 9.78 Å². The maximum absolute atomic E-state index is 14.0. The van der Waals surface area contributed by atoms with Crippen LogP contribution in [-0.2, 0) is 0 Å². The molecular formula is C21H26FN3O. The molecule has 0 radical (unpaired) electrons. The summed E-state index contributed by atoms with van der Waals surface area (Å²) >= 11 is 0. The van der Waals surface area contributed by atoms with Gasteiger partial charge in [-0.2, -0.15) is 0 Å². The summed E-state index contributed by atoms with van der Waals surface area (Å²) in [5.41, 5.74) is 1.50. The number of hydrogen-bond donors (Lipinski definition) is 0. The van der Waals surface area contributed by atoms with Gasteiger partial charge in [0.15, 0.2) is 0 Å². The Bertz CT molecular complexity index is 762. The van der Waals surface area contributed by atoms with E-state index in [0.29, 0.717) is 17.0 Å². The summed E-state index contributed by atoms with van der Waals surface area (Å²) in [7, 11) is 0. The van der Waals surface area contributed by atoms with Gasteiger partial charge in [0, 0.05) is 43.5 Å². The summed E-state index contributed by atoms with van der Waals surface area (Å²) in [6, 6.07) is 10.1. The van der Waals surface area contributed by atoms with Crippen molar-refractivity contribution in [2.45, 2.75) is 20.3 Å². The number of carbonyl (C=O) groups excluding carboxylic acids is 1. The monoisotopic (exact) mass is 355 g/mol. The highest BCUT2D eigenvalue weighted by Crippen LogP contribution is 2.22. The predicted octanol–water partition coefficient (Wildman–Crippen LogP) is 3.69. The molecule has 1 saturated heterocycles. The van der Waals surface area contributed by atoms with Gasteiger partial charge in [0.2, 0.25) is 0 Å². The molecule has 0 N–H and O–H groups in total. The van der Waals surface area contributed by atoms with E-state index in [-0.39, 0.29) is 17.4 Å². The van der Waals surface area contributed by atoms with Crippen LogP contribution in [0.4, 0.5) is 4.39 Å². The van der Waals surface area contributed by atoms with Crippen LogP contribution < -0.4 is 0 Å². The average molecular weight is 355 g/mol. The van der Waals surface area contributed by atoms with Crippen molar-refractivity contribution < 1.29 is 9.18 Å². The number of aromatic nitrogens is 1.